The molecular formula is C15H24ClNO. The Morgan fingerprint density at radius 2 is 2.06 bits per heavy atom. The van der Waals surface area contributed by atoms with Crippen molar-refractivity contribution < 1.29 is 4.74 Å². The summed E-state index contributed by atoms with van der Waals surface area (Å²) >= 11 is 6.04. The highest BCUT2D eigenvalue weighted by atomic mass is 35.5. The van der Waals surface area contributed by atoms with Crippen LogP contribution in [0, 0.1) is 0 Å². The fourth-order valence-electron chi connectivity index (χ4n) is 1.65. The summed E-state index contributed by atoms with van der Waals surface area (Å²) in [6.07, 6.45) is 1.10. The van der Waals surface area contributed by atoms with Crippen LogP contribution in [0.3, 0.4) is 0 Å². The van der Waals surface area contributed by atoms with E-state index in [2.05, 4.69) is 39.1 Å². The molecule has 1 unspecified atom stereocenters. The van der Waals surface area contributed by atoms with Crippen molar-refractivity contribution in [1.29, 1.82) is 0 Å². The Morgan fingerprint density at radius 1 is 1.33 bits per heavy atom. The summed E-state index contributed by atoms with van der Waals surface area (Å²) in [5, 5.41) is 4.27. The first-order valence-corrected chi connectivity index (χ1v) is 6.93. The quantitative estimate of drug-likeness (QED) is 0.836. The lowest BCUT2D eigenvalue weighted by Gasteiger charge is -2.25. The van der Waals surface area contributed by atoms with E-state index in [1.165, 1.54) is 5.56 Å². The van der Waals surface area contributed by atoms with Gasteiger partial charge < -0.3 is 10.1 Å². The second kappa shape index (κ2) is 7.13. The molecule has 2 nitrogen and oxygen atoms in total. The van der Waals surface area contributed by atoms with Gasteiger partial charge >= 0.3 is 0 Å². The highest BCUT2D eigenvalue weighted by Gasteiger charge is 2.16. The van der Waals surface area contributed by atoms with Crippen molar-refractivity contribution in [2.45, 2.75) is 45.8 Å². The molecule has 0 saturated carbocycles. The van der Waals surface area contributed by atoms with Crippen LogP contribution in [-0.2, 0) is 4.74 Å². The smallest absolute Gasteiger partial charge is 0.0668 e. The van der Waals surface area contributed by atoms with Crippen molar-refractivity contribution >= 4 is 11.6 Å². The second-order valence-electron chi connectivity index (χ2n) is 5.49. The Morgan fingerprint density at radius 3 is 2.61 bits per heavy atom. The van der Waals surface area contributed by atoms with Gasteiger partial charge in [0.25, 0.3) is 0 Å². The topological polar surface area (TPSA) is 21.3 Å². The van der Waals surface area contributed by atoms with Gasteiger partial charge in [-0.3, -0.25) is 0 Å². The Balaban J connectivity index is 2.71. The minimum atomic E-state index is -0.120. The van der Waals surface area contributed by atoms with Gasteiger partial charge in [0.05, 0.1) is 18.2 Å². The van der Waals surface area contributed by atoms with Crippen molar-refractivity contribution in [3.8, 4) is 0 Å². The largest absolute Gasteiger partial charge is 0.374 e. The number of hydrogen-bond acceptors (Lipinski definition) is 2. The predicted octanol–water partition coefficient (Wildman–Crippen LogP) is 4.20. The van der Waals surface area contributed by atoms with Crippen LogP contribution in [0.4, 0.5) is 0 Å². The summed E-state index contributed by atoms with van der Waals surface area (Å²) in [7, 11) is 0. The van der Waals surface area contributed by atoms with Crippen LogP contribution in [0.1, 0.15) is 45.7 Å². The maximum atomic E-state index is 6.04. The Kier molecular flexibility index (Phi) is 6.13. The predicted molar refractivity (Wildman–Crippen MR) is 78.2 cm³/mol. The highest BCUT2D eigenvalue weighted by Crippen LogP contribution is 2.20. The molecule has 0 aromatic heterocycles. The van der Waals surface area contributed by atoms with E-state index in [-0.39, 0.29) is 11.6 Å². The molecule has 1 aromatic rings. The van der Waals surface area contributed by atoms with Gasteiger partial charge in [0.1, 0.15) is 0 Å². The van der Waals surface area contributed by atoms with Crippen LogP contribution in [0.5, 0.6) is 0 Å². The van der Waals surface area contributed by atoms with Gasteiger partial charge in [-0.2, -0.15) is 0 Å². The van der Waals surface area contributed by atoms with E-state index in [9.17, 15) is 0 Å². The molecule has 0 aliphatic carbocycles. The molecule has 1 atom stereocenters. The first kappa shape index (κ1) is 15.5. The minimum Gasteiger partial charge on any atom is -0.374 e. The Labute approximate surface area is 116 Å². The zero-order valence-corrected chi connectivity index (χ0v) is 12.6. The normalized spacial score (nSPS) is 13.6. The molecule has 0 fully saturated rings. The molecule has 3 heteroatoms. The van der Waals surface area contributed by atoms with Gasteiger partial charge in [0, 0.05) is 5.02 Å². The molecule has 0 aliphatic rings. The van der Waals surface area contributed by atoms with Gasteiger partial charge in [0.15, 0.2) is 0 Å². The SMILES string of the molecule is CCCNC(COC(C)(C)C)c1cccc(Cl)c1. The minimum absolute atomic E-state index is 0.120. The average molecular weight is 270 g/mol. The number of rotatable bonds is 6. The van der Waals surface area contributed by atoms with Crippen LogP contribution in [-0.4, -0.2) is 18.8 Å². The van der Waals surface area contributed by atoms with Crippen molar-refractivity contribution in [1.82, 2.24) is 5.32 Å². The zero-order chi connectivity index (χ0) is 13.6. The van der Waals surface area contributed by atoms with Gasteiger partial charge in [-0.15, -0.1) is 0 Å². The first-order chi connectivity index (χ1) is 8.42. The molecule has 102 valence electrons. The summed E-state index contributed by atoms with van der Waals surface area (Å²) in [5.74, 6) is 0. The molecule has 0 amide bonds. The molecule has 0 saturated heterocycles. The lowest BCUT2D eigenvalue weighted by molar-refractivity contribution is -0.0147. The van der Waals surface area contributed by atoms with E-state index in [4.69, 9.17) is 16.3 Å². The molecule has 1 N–H and O–H groups in total. The molecule has 0 spiro atoms. The number of hydrogen-bond donors (Lipinski definition) is 1. The number of halogens is 1. The van der Waals surface area contributed by atoms with E-state index < -0.39 is 0 Å². The van der Waals surface area contributed by atoms with Crippen LogP contribution in [0.25, 0.3) is 0 Å². The summed E-state index contributed by atoms with van der Waals surface area (Å²) in [6, 6.07) is 8.16. The molecule has 1 aromatic carbocycles. The third kappa shape index (κ3) is 5.85. The van der Waals surface area contributed by atoms with Crippen molar-refractivity contribution in [3.63, 3.8) is 0 Å². The fourth-order valence-corrected chi connectivity index (χ4v) is 1.85. The van der Waals surface area contributed by atoms with E-state index >= 15 is 0 Å². The summed E-state index contributed by atoms with van der Waals surface area (Å²) < 4.78 is 5.88. The summed E-state index contributed by atoms with van der Waals surface area (Å²) in [6.45, 7) is 10.0. The molecule has 0 bridgehead atoms. The lowest BCUT2D eigenvalue weighted by Crippen LogP contribution is -2.30. The third-order valence-electron chi connectivity index (χ3n) is 2.57. The monoisotopic (exact) mass is 269 g/mol. The Hall–Kier alpha value is -0.570. The maximum absolute atomic E-state index is 6.04. The van der Waals surface area contributed by atoms with Gasteiger partial charge in [-0.05, 0) is 51.4 Å². The lowest BCUT2D eigenvalue weighted by atomic mass is 10.1. The van der Waals surface area contributed by atoms with Crippen molar-refractivity contribution in [3.05, 3.63) is 34.9 Å². The molecule has 1 rings (SSSR count). The molecule has 0 aliphatic heterocycles. The van der Waals surface area contributed by atoms with Gasteiger partial charge in [-0.25, -0.2) is 0 Å². The van der Waals surface area contributed by atoms with E-state index in [1.54, 1.807) is 0 Å². The number of benzene rings is 1. The molecular weight excluding hydrogens is 246 g/mol. The zero-order valence-electron chi connectivity index (χ0n) is 11.8. The number of nitrogens with one attached hydrogen (secondary N) is 1. The third-order valence-corrected chi connectivity index (χ3v) is 2.81. The molecule has 0 heterocycles. The standard InChI is InChI=1S/C15H24ClNO/c1-5-9-17-14(11-18-15(2,3)4)12-7-6-8-13(16)10-12/h6-8,10,14,17H,5,9,11H2,1-4H3. The Bertz CT molecular complexity index is 360. The first-order valence-electron chi connectivity index (χ1n) is 6.55. The van der Waals surface area contributed by atoms with Crippen molar-refractivity contribution in [2.75, 3.05) is 13.2 Å². The van der Waals surface area contributed by atoms with Crippen LogP contribution < -0.4 is 5.32 Å². The van der Waals surface area contributed by atoms with Gasteiger partial charge in [-0.1, -0.05) is 30.7 Å². The highest BCUT2D eigenvalue weighted by molar-refractivity contribution is 6.30. The van der Waals surface area contributed by atoms with Crippen LogP contribution in [0.15, 0.2) is 24.3 Å². The van der Waals surface area contributed by atoms with E-state index in [1.807, 2.05) is 18.2 Å². The summed E-state index contributed by atoms with van der Waals surface area (Å²) in [5.41, 5.74) is 1.06. The summed E-state index contributed by atoms with van der Waals surface area (Å²) in [4.78, 5) is 0. The van der Waals surface area contributed by atoms with Crippen LogP contribution >= 0.6 is 11.6 Å². The van der Waals surface area contributed by atoms with Crippen LogP contribution in [0.2, 0.25) is 5.02 Å². The van der Waals surface area contributed by atoms with E-state index in [0.717, 1.165) is 18.0 Å². The maximum Gasteiger partial charge on any atom is 0.0668 e. The fraction of sp³-hybridized carbons (Fsp3) is 0.600. The van der Waals surface area contributed by atoms with Crippen molar-refractivity contribution in [2.24, 2.45) is 0 Å². The number of ether oxygens (including phenoxy) is 1. The van der Waals surface area contributed by atoms with E-state index in [0.29, 0.717) is 6.61 Å². The van der Waals surface area contributed by atoms with Gasteiger partial charge in [0.2, 0.25) is 0 Å². The molecule has 18 heavy (non-hydrogen) atoms. The average Bonchev–Trinajstić information content (AvgIpc) is 2.28. The second-order valence-corrected chi connectivity index (χ2v) is 5.92. The molecule has 0 radical (unpaired) electrons.